The molecule has 2 N–H and O–H groups in total. The molecule has 0 radical (unpaired) electrons. The van der Waals surface area contributed by atoms with Crippen molar-refractivity contribution in [3.05, 3.63) is 21.7 Å². The van der Waals surface area contributed by atoms with Crippen molar-refractivity contribution in [2.75, 3.05) is 0 Å². The third kappa shape index (κ3) is 1.56. The van der Waals surface area contributed by atoms with Gasteiger partial charge in [-0.05, 0) is 6.42 Å². The van der Waals surface area contributed by atoms with Crippen molar-refractivity contribution >= 4 is 5.78 Å². The van der Waals surface area contributed by atoms with Gasteiger partial charge in [-0.2, -0.15) is 9.50 Å². The third-order valence-corrected chi connectivity index (χ3v) is 2.44. The Morgan fingerprint density at radius 1 is 1.44 bits per heavy atom. The molecule has 2 aromatic rings. The van der Waals surface area contributed by atoms with Crippen molar-refractivity contribution in [2.45, 2.75) is 33.1 Å². The summed E-state index contributed by atoms with van der Waals surface area (Å²) in [7, 11) is 0. The number of hydrogen-bond donors (Lipinski definition) is 2. The monoisotopic (exact) mass is 222 g/mol. The molecule has 0 spiro atoms. The molecule has 16 heavy (non-hydrogen) atoms. The van der Waals surface area contributed by atoms with E-state index in [9.17, 15) is 9.90 Å². The summed E-state index contributed by atoms with van der Waals surface area (Å²) >= 11 is 0. The van der Waals surface area contributed by atoms with Crippen molar-refractivity contribution in [1.82, 2.24) is 19.6 Å². The Morgan fingerprint density at radius 2 is 2.19 bits per heavy atom. The molecule has 0 bridgehead atoms. The van der Waals surface area contributed by atoms with Crippen LogP contribution in [0.4, 0.5) is 0 Å². The molecule has 0 unspecified atom stereocenters. The van der Waals surface area contributed by atoms with Crippen molar-refractivity contribution < 1.29 is 5.11 Å². The maximum absolute atomic E-state index is 11.6. The lowest BCUT2D eigenvalue weighted by Gasteiger charge is -2.02. The van der Waals surface area contributed by atoms with Gasteiger partial charge in [0, 0.05) is 6.42 Å². The van der Waals surface area contributed by atoms with E-state index in [-0.39, 0.29) is 11.4 Å². The predicted octanol–water partition coefficient (Wildman–Crippen LogP) is 0.638. The molecule has 2 rings (SSSR count). The van der Waals surface area contributed by atoms with Gasteiger partial charge >= 0.3 is 0 Å². The molecular weight excluding hydrogens is 208 g/mol. The molecule has 2 heterocycles. The fourth-order valence-corrected chi connectivity index (χ4v) is 1.61. The summed E-state index contributed by atoms with van der Waals surface area (Å²) in [5, 5.41) is 14.0. The van der Waals surface area contributed by atoms with Crippen LogP contribution in [0.25, 0.3) is 5.78 Å². The van der Waals surface area contributed by atoms with Gasteiger partial charge in [0.25, 0.3) is 5.56 Å². The van der Waals surface area contributed by atoms with Crippen LogP contribution < -0.4 is 5.56 Å². The number of nitrogens with zero attached hydrogens (tertiary/aromatic N) is 3. The van der Waals surface area contributed by atoms with Gasteiger partial charge in [0.15, 0.2) is 5.82 Å². The SMILES string of the molecule is CCCc1c(O)n2nc(CC)nc2[nH]c1=O. The lowest BCUT2D eigenvalue weighted by atomic mass is 10.2. The maximum atomic E-state index is 11.6. The summed E-state index contributed by atoms with van der Waals surface area (Å²) in [5.74, 6) is 0.784. The number of fused-ring (bicyclic) bond motifs is 1. The first-order valence-corrected chi connectivity index (χ1v) is 5.37. The topological polar surface area (TPSA) is 83.3 Å². The normalized spacial score (nSPS) is 11.1. The molecule has 0 saturated heterocycles. The second-order valence-corrected chi connectivity index (χ2v) is 3.62. The smallest absolute Gasteiger partial charge is 0.259 e. The zero-order valence-electron chi connectivity index (χ0n) is 9.32. The first kappa shape index (κ1) is 10.7. The molecule has 6 heteroatoms. The zero-order valence-corrected chi connectivity index (χ0v) is 9.32. The highest BCUT2D eigenvalue weighted by atomic mass is 16.3. The Bertz CT molecular complexity index is 570. The minimum atomic E-state index is -0.290. The zero-order chi connectivity index (χ0) is 11.7. The molecule has 0 saturated carbocycles. The summed E-state index contributed by atoms with van der Waals surface area (Å²) in [5.41, 5.74) is 0.0736. The predicted molar refractivity (Wildman–Crippen MR) is 58.6 cm³/mol. The number of aromatic hydroxyl groups is 1. The van der Waals surface area contributed by atoms with Gasteiger partial charge in [-0.1, -0.05) is 20.3 Å². The molecule has 0 atom stereocenters. The van der Waals surface area contributed by atoms with Crippen LogP contribution in [0.15, 0.2) is 4.79 Å². The Kier molecular flexibility index (Phi) is 2.64. The Labute approximate surface area is 92.0 Å². The Hall–Kier alpha value is -1.85. The summed E-state index contributed by atoms with van der Waals surface area (Å²) in [6.45, 7) is 3.86. The van der Waals surface area contributed by atoms with E-state index >= 15 is 0 Å². The number of rotatable bonds is 3. The van der Waals surface area contributed by atoms with Crippen molar-refractivity contribution in [3.8, 4) is 5.88 Å². The van der Waals surface area contributed by atoms with Crippen LogP contribution in [0.3, 0.4) is 0 Å². The van der Waals surface area contributed by atoms with Gasteiger partial charge in [-0.3, -0.25) is 9.78 Å². The largest absolute Gasteiger partial charge is 0.493 e. The van der Waals surface area contributed by atoms with Crippen LogP contribution in [0, 0.1) is 0 Å². The first-order valence-electron chi connectivity index (χ1n) is 5.37. The molecule has 0 aliphatic carbocycles. The summed E-state index contributed by atoms with van der Waals surface area (Å²) in [4.78, 5) is 18.3. The van der Waals surface area contributed by atoms with Gasteiger partial charge in [-0.25, -0.2) is 0 Å². The summed E-state index contributed by atoms with van der Waals surface area (Å²) in [6.07, 6.45) is 1.97. The third-order valence-electron chi connectivity index (χ3n) is 2.44. The van der Waals surface area contributed by atoms with E-state index in [0.717, 1.165) is 6.42 Å². The maximum Gasteiger partial charge on any atom is 0.259 e. The molecule has 0 aliphatic heterocycles. The average molecular weight is 222 g/mol. The van der Waals surface area contributed by atoms with Crippen LogP contribution in [0.1, 0.15) is 31.7 Å². The molecule has 2 aromatic heterocycles. The minimum absolute atomic E-state index is 0.104. The molecule has 0 amide bonds. The van der Waals surface area contributed by atoms with Gasteiger partial charge in [-0.15, -0.1) is 5.10 Å². The van der Waals surface area contributed by atoms with E-state index in [2.05, 4.69) is 15.1 Å². The van der Waals surface area contributed by atoms with Crippen LogP contribution in [0.5, 0.6) is 5.88 Å². The van der Waals surface area contributed by atoms with E-state index in [1.807, 2.05) is 13.8 Å². The Morgan fingerprint density at radius 3 is 2.81 bits per heavy atom. The highest BCUT2D eigenvalue weighted by Crippen LogP contribution is 2.14. The second kappa shape index (κ2) is 3.96. The van der Waals surface area contributed by atoms with E-state index in [0.29, 0.717) is 30.0 Å². The standard InChI is InChI=1S/C10H14N4O2/c1-3-5-6-8(15)12-10-11-7(4-2)13-14(10)9(6)16/h16H,3-5H2,1-2H3,(H,11,12,13,15). The molecule has 6 nitrogen and oxygen atoms in total. The van der Waals surface area contributed by atoms with E-state index in [4.69, 9.17) is 0 Å². The second-order valence-electron chi connectivity index (χ2n) is 3.62. The highest BCUT2D eigenvalue weighted by Gasteiger charge is 2.13. The summed E-state index contributed by atoms with van der Waals surface area (Å²) < 4.78 is 1.28. The average Bonchev–Trinajstić information content (AvgIpc) is 2.67. The number of aryl methyl sites for hydroxylation is 1. The molecule has 0 fully saturated rings. The quantitative estimate of drug-likeness (QED) is 0.798. The van der Waals surface area contributed by atoms with Crippen LogP contribution in [-0.4, -0.2) is 24.7 Å². The van der Waals surface area contributed by atoms with E-state index < -0.39 is 0 Å². The number of nitrogens with one attached hydrogen (secondary N) is 1. The van der Waals surface area contributed by atoms with E-state index in [1.165, 1.54) is 4.52 Å². The fraction of sp³-hybridized carbons (Fsp3) is 0.500. The van der Waals surface area contributed by atoms with Gasteiger partial charge in [0.05, 0.1) is 5.56 Å². The van der Waals surface area contributed by atoms with Crippen molar-refractivity contribution in [1.29, 1.82) is 0 Å². The molecule has 86 valence electrons. The highest BCUT2D eigenvalue weighted by molar-refractivity contribution is 5.36. The van der Waals surface area contributed by atoms with Crippen molar-refractivity contribution in [2.24, 2.45) is 0 Å². The van der Waals surface area contributed by atoms with Crippen LogP contribution in [-0.2, 0) is 12.8 Å². The van der Waals surface area contributed by atoms with Gasteiger partial charge in [0.2, 0.25) is 11.7 Å². The number of H-pyrrole nitrogens is 1. The van der Waals surface area contributed by atoms with Crippen molar-refractivity contribution in [3.63, 3.8) is 0 Å². The number of aromatic nitrogens is 4. The Balaban J connectivity index is 2.71. The van der Waals surface area contributed by atoms with Gasteiger partial charge in [0.1, 0.15) is 0 Å². The molecular formula is C10H14N4O2. The van der Waals surface area contributed by atoms with Gasteiger partial charge < -0.3 is 5.11 Å². The van der Waals surface area contributed by atoms with Crippen LogP contribution in [0.2, 0.25) is 0 Å². The summed E-state index contributed by atoms with van der Waals surface area (Å²) in [6, 6.07) is 0. The molecule has 0 aromatic carbocycles. The first-order chi connectivity index (χ1) is 7.67. The number of aromatic amines is 1. The number of hydrogen-bond acceptors (Lipinski definition) is 4. The fourth-order valence-electron chi connectivity index (χ4n) is 1.61. The van der Waals surface area contributed by atoms with E-state index in [1.54, 1.807) is 0 Å². The lowest BCUT2D eigenvalue weighted by molar-refractivity contribution is 0.425. The molecule has 0 aliphatic rings. The minimum Gasteiger partial charge on any atom is -0.493 e. The van der Waals surface area contributed by atoms with Crippen LogP contribution >= 0.6 is 0 Å². The lowest BCUT2D eigenvalue weighted by Crippen LogP contribution is -2.15.